The lowest BCUT2D eigenvalue weighted by molar-refractivity contribution is 0.475. The molecule has 1 heteroatoms. The van der Waals surface area contributed by atoms with Crippen LogP contribution in [0.25, 0.3) is 17.2 Å². The van der Waals surface area contributed by atoms with Gasteiger partial charge in [-0.05, 0) is 60.1 Å². The number of allylic oxidation sites excluding steroid dienone is 1. The average Bonchev–Trinajstić information content (AvgIpc) is 2.70. The summed E-state index contributed by atoms with van der Waals surface area (Å²) in [5.41, 5.74) is 5.14. The normalized spacial score (nSPS) is 11.1. The van der Waals surface area contributed by atoms with Gasteiger partial charge in [0.15, 0.2) is 0 Å². The van der Waals surface area contributed by atoms with Gasteiger partial charge in [0, 0.05) is 0 Å². The molecule has 3 aromatic rings. The lowest BCUT2D eigenvalue weighted by atomic mass is 9.99. The fraction of sp³-hybridized carbons (Fsp3) is 0.200. The highest BCUT2D eigenvalue weighted by Crippen LogP contribution is 2.24. The van der Waals surface area contributed by atoms with E-state index in [2.05, 4.69) is 66.7 Å². The molecule has 0 aliphatic carbocycles. The van der Waals surface area contributed by atoms with Gasteiger partial charge in [0.05, 0.1) is 0 Å². The van der Waals surface area contributed by atoms with E-state index in [1.54, 1.807) is 12.1 Å². The minimum absolute atomic E-state index is 0.342. The van der Waals surface area contributed by atoms with Crippen molar-refractivity contribution in [2.24, 2.45) is 0 Å². The van der Waals surface area contributed by atoms with E-state index in [1.165, 1.54) is 41.5 Å². The van der Waals surface area contributed by atoms with Crippen molar-refractivity contribution in [1.29, 1.82) is 0 Å². The molecule has 0 bridgehead atoms. The predicted octanol–water partition coefficient (Wildman–Crippen LogP) is 6.88. The van der Waals surface area contributed by atoms with E-state index >= 15 is 0 Å². The molecule has 0 aliphatic heterocycles. The van der Waals surface area contributed by atoms with Crippen LogP contribution in [0.4, 0.5) is 0 Å². The van der Waals surface area contributed by atoms with E-state index in [1.807, 2.05) is 12.1 Å². The third-order valence-electron chi connectivity index (χ3n) is 4.62. The second-order valence-electron chi connectivity index (χ2n) is 6.62. The molecule has 3 rings (SSSR count). The van der Waals surface area contributed by atoms with Gasteiger partial charge in [-0.25, -0.2) is 0 Å². The summed E-state index contributed by atoms with van der Waals surface area (Å²) in [6.07, 6.45) is 10.4. The largest absolute Gasteiger partial charge is 0.508 e. The number of phenolic OH excluding ortho intramolecular Hbond substituents is 1. The van der Waals surface area contributed by atoms with Gasteiger partial charge >= 0.3 is 0 Å². The van der Waals surface area contributed by atoms with Crippen molar-refractivity contribution in [3.63, 3.8) is 0 Å². The van der Waals surface area contributed by atoms with Crippen LogP contribution in [0.2, 0.25) is 0 Å². The molecular formula is C25H26O. The van der Waals surface area contributed by atoms with Crippen LogP contribution >= 0.6 is 0 Å². The van der Waals surface area contributed by atoms with Crippen LogP contribution in [0.15, 0.2) is 84.9 Å². The highest BCUT2D eigenvalue weighted by Gasteiger charge is 2.00. The van der Waals surface area contributed by atoms with E-state index in [0.29, 0.717) is 5.75 Å². The van der Waals surface area contributed by atoms with Gasteiger partial charge in [-0.15, -0.1) is 0 Å². The quantitative estimate of drug-likeness (QED) is 0.443. The topological polar surface area (TPSA) is 20.2 Å². The summed E-state index contributed by atoms with van der Waals surface area (Å²) in [5, 5.41) is 9.30. The van der Waals surface area contributed by atoms with Crippen molar-refractivity contribution in [3.8, 4) is 16.9 Å². The molecule has 0 saturated carbocycles. The summed E-state index contributed by atoms with van der Waals surface area (Å²) >= 11 is 0. The van der Waals surface area contributed by atoms with Crippen LogP contribution in [0, 0.1) is 0 Å². The lowest BCUT2D eigenvalue weighted by Crippen LogP contribution is -1.85. The molecular weight excluding hydrogens is 316 g/mol. The number of aryl methyl sites for hydroxylation is 1. The minimum atomic E-state index is 0.342. The third kappa shape index (κ3) is 5.35. The number of unbranched alkanes of at least 4 members (excludes halogenated alkanes) is 3. The Bertz CT molecular complexity index is 816. The Kier molecular flexibility index (Phi) is 6.66. The second-order valence-corrected chi connectivity index (χ2v) is 6.62. The SMILES string of the molecule is Oc1ccc(CCCCC/C=C/c2ccccc2-c2ccccc2)cc1. The first-order valence-corrected chi connectivity index (χ1v) is 9.42. The van der Waals surface area contributed by atoms with Crippen molar-refractivity contribution in [1.82, 2.24) is 0 Å². The zero-order valence-electron chi connectivity index (χ0n) is 15.1. The van der Waals surface area contributed by atoms with Gasteiger partial charge in [-0.2, -0.15) is 0 Å². The van der Waals surface area contributed by atoms with Gasteiger partial charge in [0.2, 0.25) is 0 Å². The zero-order chi connectivity index (χ0) is 18.0. The molecule has 3 aromatic carbocycles. The fourth-order valence-corrected chi connectivity index (χ4v) is 3.16. The van der Waals surface area contributed by atoms with E-state index < -0.39 is 0 Å². The van der Waals surface area contributed by atoms with Crippen LogP contribution in [-0.2, 0) is 6.42 Å². The van der Waals surface area contributed by atoms with E-state index in [4.69, 9.17) is 0 Å². The van der Waals surface area contributed by atoms with Crippen LogP contribution in [0.5, 0.6) is 5.75 Å². The Morgan fingerprint density at radius 3 is 2.23 bits per heavy atom. The molecule has 0 saturated heterocycles. The standard InChI is InChI=1S/C25H26O/c26-24-19-17-21(18-20-24)11-5-2-1-3-6-12-23-15-9-10-16-25(23)22-13-7-4-8-14-22/h4,6-10,12-20,26H,1-3,5,11H2/b12-6+. The summed E-state index contributed by atoms with van der Waals surface area (Å²) in [6.45, 7) is 0. The highest BCUT2D eigenvalue weighted by molar-refractivity contribution is 5.75. The van der Waals surface area contributed by atoms with Crippen LogP contribution in [-0.4, -0.2) is 5.11 Å². The van der Waals surface area contributed by atoms with Crippen LogP contribution in [0.3, 0.4) is 0 Å². The number of aromatic hydroxyl groups is 1. The molecule has 0 atom stereocenters. The number of rotatable bonds is 8. The maximum atomic E-state index is 9.30. The molecule has 1 N–H and O–H groups in total. The summed E-state index contributed by atoms with van der Waals surface area (Å²) in [5.74, 6) is 0.342. The fourth-order valence-electron chi connectivity index (χ4n) is 3.16. The molecule has 26 heavy (non-hydrogen) atoms. The number of hydrogen-bond acceptors (Lipinski definition) is 1. The van der Waals surface area contributed by atoms with Gasteiger partial charge in [-0.3, -0.25) is 0 Å². The van der Waals surface area contributed by atoms with E-state index in [9.17, 15) is 5.11 Å². The summed E-state index contributed by atoms with van der Waals surface area (Å²) in [4.78, 5) is 0. The highest BCUT2D eigenvalue weighted by atomic mass is 16.3. The van der Waals surface area contributed by atoms with Crippen molar-refractivity contribution in [2.75, 3.05) is 0 Å². The van der Waals surface area contributed by atoms with Crippen molar-refractivity contribution in [2.45, 2.75) is 32.1 Å². The number of phenols is 1. The first-order valence-electron chi connectivity index (χ1n) is 9.42. The van der Waals surface area contributed by atoms with Crippen molar-refractivity contribution < 1.29 is 5.11 Å². The van der Waals surface area contributed by atoms with Crippen molar-refractivity contribution in [3.05, 3.63) is 96.1 Å². The first kappa shape index (κ1) is 18.0. The molecule has 0 amide bonds. The Morgan fingerprint density at radius 2 is 1.42 bits per heavy atom. The maximum absolute atomic E-state index is 9.30. The molecule has 132 valence electrons. The molecule has 0 aliphatic rings. The molecule has 0 radical (unpaired) electrons. The molecule has 0 heterocycles. The van der Waals surface area contributed by atoms with Crippen LogP contribution in [0.1, 0.15) is 36.8 Å². The Labute approximate surface area is 156 Å². The van der Waals surface area contributed by atoms with Crippen molar-refractivity contribution >= 4 is 6.08 Å². The molecule has 0 aromatic heterocycles. The Morgan fingerprint density at radius 1 is 0.692 bits per heavy atom. The van der Waals surface area contributed by atoms with E-state index in [0.717, 1.165) is 12.8 Å². The second kappa shape index (κ2) is 9.62. The van der Waals surface area contributed by atoms with Gasteiger partial charge in [0.25, 0.3) is 0 Å². The maximum Gasteiger partial charge on any atom is 0.115 e. The third-order valence-corrected chi connectivity index (χ3v) is 4.62. The monoisotopic (exact) mass is 342 g/mol. The average molecular weight is 342 g/mol. The van der Waals surface area contributed by atoms with Gasteiger partial charge in [-0.1, -0.05) is 85.3 Å². The van der Waals surface area contributed by atoms with E-state index in [-0.39, 0.29) is 0 Å². The summed E-state index contributed by atoms with van der Waals surface area (Å²) in [7, 11) is 0. The Hall–Kier alpha value is -2.80. The molecule has 1 nitrogen and oxygen atoms in total. The minimum Gasteiger partial charge on any atom is -0.508 e. The lowest BCUT2D eigenvalue weighted by Gasteiger charge is -2.06. The Balaban J connectivity index is 1.45. The zero-order valence-corrected chi connectivity index (χ0v) is 15.1. The number of benzene rings is 3. The molecule has 0 unspecified atom stereocenters. The smallest absolute Gasteiger partial charge is 0.115 e. The summed E-state index contributed by atoms with van der Waals surface area (Å²) < 4.78 is 0. The molecule has 0 spiro atoms. The van der Waals surface area contributed by atoms with Crippen LogP contribution < -0.4 is 0 Å². The number of hydrogen-bond donors (Lipinski definition) is 1. The predicted molar refractivity (Wildman–Crippen MR) is 111 cm³/mol. The van der Waals surface area contributed by atoms with Gasteiger partial charge in [0.1, 0.15) is 5.75 Å². The first-order chi connectivity index (χ1) is 12.8. The van der Waals surface area contributed by atoms with Gasteiger partial charge < -0.3 is 5.11 Å². The summed E-state index contributed by atoms with van der Waals surface area (Å²) in [6, 6.07) is 26.7. The molecule has 0 fully saturated rings.